The molecule has 0 saturated heterocycles. The number of nitrogens with zero attached hydrogens (tertiary/aromatic N) is 2. The van der Waals surface area contributed by atoms with Crippen LogP contribution in [-0.4, -0.2) is 89.1 Å². The quantitative estimate of drug-likeness (QED) is 0.486. The van der Waals surface area contributed by atoms with E-state index in [4.69, 9.17) is 10.5 Å². The van der Waals surface area contributed by atoms with E-state index in [9.17, 15) is 0 Å². The van der Waals surface area contributed by atoms with Crippen LogP contribution >= 0.6 is 0 Å². The second-order valence-corrected chi connectivity index (χ2v) is 0.652. The number of hydrogen-bond acceptors (Lipinski definition) is 2. The topological polar surface area (TPSA) is 47.6 Å². The molecular formula is C2H3CaFe2KN2. The molecule has 0 bridgehead atoms. The fourth-order valence-corrected chi connectivity index (χ4v) is 0. The van der Waals surface area contributed by atoms with Crippen molar-refractivity contribution in [3.05, 3.63) is 0 Å². The van der Waals surface area contributed by atoms with E-state index in [0.29, 0.717) is 0 Å². The summed E-state index contributed by atoms with van der Waals surface area (Å²) in [6, 6.07) is 0. The molecule has 0 aliphatic rings. The molecule has 0 aromatic carbocycles. The zero-order chi connectivity index (χ0) is 5.41. The van der Waals surface area contributed by atoms with Crippen LogP contribution in [-0.2, 0) is 32.0 Å². The minimum atomic E-state index is 0. The van der Waals surface area contributed by atoms with Crippen molar-refractivity contribution in [3.8, 4) is 9.94 Å². The normalized spacial score (nSPS) is 2.00. The molecule has 0 saturated carbocycles. The Kier molecular flexibility index (Phi) is 91.5. The summed E-state index contributed by atoms with van der Waals surface area (Å²) in [5, 5.41) is 14.4. The predicted octanol–water partition coefficient (Wildman–Crippen LogP) is -1.54. The molecule has 6 heteroatoms. The molecule has 0 amide bonds. The summed E-state index contributed by atoms with van der Waals surface area (Å²) >= 11 is 5.58. The van der Waals surface area contributed by atoms with Crippen molar-refractivity contribution in [1.82, 2.24) is 0 Å². The third-order valence-corrected chi connectivity index (χ3v) is 0. The number of hydrogen-bond donors (Lipinski definition) is 0. The van der Waals surface area contributed by atoms with Gasteiger partial charge in [-0.2, -0.15) is 0 Å². The fourth-order valence-electron chi connectivity index (χ4n) is 0. The van der Waals surface area contributed by atoms with E-state index in [1.54, 1.807) is 0 Å². The molecule has 8 heavy (non-hydrogen) atoms. The van der Waals surface area contributed by atoms with Gasteiger partial charge in [-0.15, -0.1) is 0 Å². The Bertz CT molecular complexity index is 73.0. The summed E-state index contributed by atoms with van der Waals surface area (Å²) in [5.74, 6) is 0. The molecule has 0 unspecified atom stereocenters. The van der Waals surface area contributed by atoms with E-state index >= 15 is 0 Å². The summed E-state index contributed by atoms with van der Waals surface area (Å²) in [4.78, 5) is 3.00. The van der Waals surface area contributed by atoms with Crippen LogP contribution in [0.2, 0.25) is 0 Å². The van der Waals surface area contributed by atoms with Gasteiger partial charge in [-0.05, 0) is 0 Å². The van der Waals surface area contributed by atoms with Gasteiger partial charge in [0.05, 0.1) is 0 Å². The van der Waals surface area contributed by atoms with E-state index in [-0.39, 0.29) is 89.1 Å². The second-order valence-electron chi connectivity index (χ2n) is 0.158. The zero-order valence-electron chi connectivity index (χ0n) is 2.60. The molecule has 0 aliphatic heterocycles. The van der Waals surface area contributed by atoms with Gasteiger partial charge < -0.3 is 0 Å². The van der Waals surface area contributed by atoms with Gasteiger partial charge in [0, 0.05) is 0 Å². The Morgan fingerprint density at radius 1 is 1.00 bits per heavy atom. The van der Waals surface area contributed by atoms with Gasteiger partial charge in [0.2, 0.25) is 0 Å². The van der Waals surface area contributed by atoms with Crippen molar-refractivity contribution in [2.45, 2.75) is 0 Å². The Morgan fingerprint density at radius 3 is 1.00 bits per heavy atom. The van der Waals surface area contributed by atoms with Gasteiger partial charge in [0.1, 0.15) is 0 Å². The maximum absolute atomic E-state index is 7.21. The molecule has 0 heterocycles. The molecule has 0 spiro atoms. The maximum atomic E-state index is 7.21. The molecule has 2 nitrogen and oxygen atoms in total. The first-order chi connectivity index (χ1) is 2.83. The first-order valence-corrected chi connectivity index (χ1v) is 1.90. The van der Waals surface area contributed by atoms with Crippen molar-refractivity contribution >= 4 is 89.1 Å². The van der Waals surface area contributed by atoms with Crippen molar-refractivity contribution in [2.75, 3.05) is 0 Å². The molecule has 0 N–H and O–H groups in total. The summed E-state index contributed by atoms with van der Waals surface area (Å²) in [6.07, 6.45) is 0. The molecule has 0 aromatic rings. The molecular weight excluding hydrogens is 243 g/mol. The fraction of sp³-hybridized carbons (Fsp3) is 0. The van der Waals surface area contributed by atoms with Crippen LogP contribution in [0.5, 0.6) is 0 Å². The predicted molar refractivity (Wildman–Crippen MR) is 26.9 cm³/mol. The average Bonchev–Trinajstić information content (AvgIpc) is 1.39. The summed E-state index contributed by atoms with van der Waals surface area (Å²) in [7, 11) is 0. The molecule has 0 radical (unpaired) electrons. The Labute approximate surface area is 138 Å². The van der Waals surface area contributed by atoms with Crippen LogP contribution in [0.25, 0.3) is 0 Å². The van der Waals surface area contributed by atoms with Crippen LogP contribution in [0.4, 0.5) is 0 Å². The Hall–Kier alpha value is 2.92. The Balaban J connectivity index is -0.0000000160. The molecule has 0 atom stereocenters. The number of rotatable bonds is 0. The first kappa shape index (κ1) is 22.4. The first-order valence-electron chi connectivity index (χ1n) is 0.801. The molecule has 0 rings (SSSR count). The second kappa shape index (κ2) is 32.6. The van der Waals surface area contributed by atoms with Gasteiger partial charge in [-0.3, -0.25) is 0 Å². The molecule has 0 aromatic heterocycles. The third kappa shape index (κ3) is 65.7. The van der Waals surface area contributed by atoms with Gasteiger partial charge in [0.25, 0.3) is 0 Å². The number of nitriles is 2. The van der Waals surface area contributed by atoms with Crippen LogP contribution in [0.15, 0.2) is 0 Å². The van der Waals surface area contributed by atoms with Crippen LogP contribution < -0.4 is 0 Å². The SMILES string of the molecule is N#[C][Fe].N#[C][Fe].[CaH2].[KH]. The van der Waals surface area contributed by atoms with E-state index < -0.39 is 0 Å². The molecule has 0 fully saturated rings. The van der Waals surface area contributed by atoms with Gasteiger partial charge in [0.15, 0.2) is 0 Å². The minimum absolute atomic E-state index is 0. The van der Waals surface area contributed by atoms with E-state index in [2.05, 4.69) is 32.0 Å². The summed E-state index contributed by atoms with van der Waals surface area (Å²) in [5.41, 5.74) is 0. The van der Waals surface area contributed by atoms with Crippen LogP contribution in [0.1, 0.15) is 0 Å². The van der Waals surface area contributed by atoms with Gasteiger partial charge >= 0.3 is 142 Å². The van der Waals surface area contributed by atoms with E-state index in [1.165, 1.54) is 9.94 Å². The van der Waals surface area contributed by atoms with Crippen LogP contribution in [0, 0.1) is 20.5 Å². The van der Waals surface area contributed by atoms with Gasteiger partial charge in [-0.25, -0.2) is 0 Å². The van der Waals surface area contributed by atoms with E-state index in [0.717, 1.165) is 0 Å². The Morgan fingerprint density at radius 2 is 1.00 bits per heavy atom. The summed E-state index contributed by atoms with van der Waals surface area (Å²) < 4.78 is 0. The average molecular weight is 246 g/mol. The van der Waals surface area contributed by atoms with Crippen molar-refractivity contribution in [1.29, 1.82) is 10.5 Å². The van der Waals surface area contributed by atoms with Crippen molar-refractivity contribution in [2.24, 2.45) is 0 Å². The van der Waals surface area contributed by atoms with Gasteiger partial charge in [-0.1, -0.05) is 0 Å². The summed E-state index contributed by atoms with van der Waals surface area (Å²) in [6.45, 7) is 0. The zero-order valence-corrected chi connectivity index (χ0v) is 4.81. The molecule has 40 valence electrons. The van der Waals surface area contributed by atoms with E-state index in [1.807, 2.05) is 0 Å². The van der Waals surface area contributed by atoms with Crippen LogP contribution in [0.3, 0.4) is 0 Å². The molecule has 0 aliphatic carbocycles. The monoisotopic (exact) mass is 246 g/mol. The third-order valence-electron chi connectivity index (χ3n) is 0. The van der Waals surface area contributed by atoms with Crippen molar-refractivity contribution < 1.29 is 32.0 Å². The van der Waals surface area contributed by atoms with Crippen molar-refractivity contribution in [3.63, 3.8) is 0 Å². The standard InChI is InChI=1S/2CN.Ca.2Fe.K.3H/c2*1-2;;;;;;;.